The number of benzene rings is 1. The first-order valence-corrected chi connectivity index (χ1v) is 7.70. The molecule has 0 radical (unpaired) electrons. The van der Waals surface area contributed by atoms with E-state index in [0.717, 1.165) is 5.56 Å². The maximum absolute atomic E-state index is 12.3. The summed E-state index contributed by atoms with van der Waals surface area (Å²) in [5, 5.41) is 3.31. The van der Waals surface area contributed by atoms with Crippen LogP contribution in [0.15, 0.2) is 30.3 Å². The van der Waals surface area contributed by atoms with Crippen molar-refractivity contribution in [1.82, 2.24) is 10.2 Å². The van der Waals surface area contributed by atoms with Crippen LogP contribution in [-0.2, 0) is 4.79 Å². The molecule has 126 valence electrons. The first-order valence-electron chi connectivity index (χ1n) is 7.32. The molecule has 1 aromatic carbocycles. The van der Waals surface area contributed by atoms with Gasteiger partial charge in [0.15, 0.2) is 0 Å². The first kappa shape index (κ1) is 17.8. The van der Waals surface area contributed by atoms with Gasteiger partial charge in [-0.1, -0.05) is 23.7 Å². The molecule has 0 bridgehead atoms. The molecule has 0 spiro atoms. The Morgan fingerprint density at radius 2 is 2.22 bits per heavy atom. The highest BCUT2D eigenvalue weighted by Crippen LogP contribution is 2.22. The summed E-state index contributed by atoms with van der Waals surface area (Å²) in [6.45, 7) is 0.273. The van der Waals surface area contributed by atoms with Crippen molar-refractivity contribution in [3.05, 3.63) is 40.9 Å². The van der Waals surface area contributed by atoms with Gasteiger partial charge in [0.1, 0.15) is 0 Å². The first-order chi connectivity index (χ1) is 10.8. The standard InChI is InChI=1S/C16H18ClF3N2O/c17-14-3-1-2-12(8-14)4-5-15(23)21-9-13-6-7-22(10-13)11-16(18,19)20/h1-5,8,13H,6-7,9-11H2,(H,21,23)/b5-4+. The summed E-state index contributed by atoms with van der Waals surface area (Å²) in [6.07, 6.45) is -0.466. The van der Waals surface area contributed by atoms with Gasteiger partial charge in [0.2, 0.25) is 5.91 Å². The van der Waals surface area contributed by atoms with Crippen LogP contribution in [0.2, 0.25) is 5.02 Å². The lowest BCUT2D eigenvalue weighted by Gasteiger charge is -2.17. The van der Waals surface area contributed by atoms with E-state index in [1.165, 1.54) is 11.0 Å². The molecule has 1 fully saturated rings. The van der Waals surface area contributed by atoms with Crippen LogP contribution in [0, 0.1) is 5.92 Å². The zero-order valence-electron chi connectivity index (χ0n) is 12.4. The van der Waals surface area contributed by atoms with Gasteiger partial charge in [-0.05, 0) is 42.7 Å². The summed E-state index contributed by atoms with van der Waals surface area (Å²) in [6, 6.07) is 7.08. The van der Waals surface area contributed by atoms with Crippen molar-refractivity contribution in [2.75, 3.05) is 26.2 Å². The van der Waals surface area contributed by atoms with Crippen molar-refractivity contribution in [1.29, 1.82) is 0 Å². The smallest absolute Gasteiger partial charge is 0.352 e. The van der Waals surface area contributed by atoms with Crippen LogP contribution in [0.25, 0.3) is 6.08 Å². The molecule has 1 aliphatic rings. The van der Waals surface area contributed by atoms with Crippen molar-refractivity contribution < 1.29 is 18.0 Å². The third-order valence-corrected chi connectivity index (χ3v) is 3.85. The molecule has 23 heavy (non-hydrogen) atoms. The van der Waals surface area contributed by atoms with Gasteiger partial charge in [-0.15, -0.1) is 0 Å². The van der Waals surface area contributed by atoms with E-state index in [0.29, 0.717) is 31.1 Å². The number of hydrogen-bond donors (Lipinski definition) is 1. The summed E-state index contributed by atoms with van der Waals surface area (Å²) in [5.74, 6) is -0.208. The van der Waals surface area contributed by atoms with E-state index in [9.17, 15) is 18.0 Å². The van der Waals surface area contributed by atoms with Crippen molar-refractivity contribution >= 4 is 23.6 Å². The van der Waals surface area contributed by atoms with Crippen LogP contribution in [0.4, 0.5) is 13.2 Å². The maximum Gasteiger partial charge on any atom is 0.401 e. The van der Waals surface area contributed by atoms with Crippen molar-refractivity contribution in [3.63, 3.8) is 0 Å². The monoisotopic (exact) mass is 346 g/mol. The van der Waals surface area contributed by atoms with Gasteiger partial charge < -0.3 is 5.32 Å². The molecule has 1 heterocycles. The van der Waals surface area contributed by atoms with Crippen LogP contribution >= 0.6 is 11.6 Å². The van der Waals surface area contributed by atoms with Crippen molar-refractivity contribution in [2.45, 2.75) is 12.6 Å². The van der Waals surface area contributed by atoms with Crippen molar-refractivity contribution in [2.24, 2.45) is 5.92 Å². The van der Waals surface area contributed by atoms with E-state index in [1.54, 1.807) is 24.3 Å². The second-order valence-corrected chi connectivity index (χ2v) is 6.07. The SMILES string of the molecule is O=C(/C=C/c1cccc(Cl)c1)NCC1CCN(CC(F)(F)F)C1. The average molecular weight is 347 g/mol. The highest BCUT2D eigenvalue weighted by atomic mass is 35.5. The van der Waals surface area contributed by atoms with E-state index >= 15 is 0 Å². The number of carbonyl (C=O) groups excluding carboxylic acids is 1. The number of carbonyl (C=O) groups is 1. The Kier molecular flexibility index (Phi) is 6.07. The molecule has 1 aliphatic heterocycles. The molecule has 1 atom stereocenters. The van der Waals surface area contributed by atoms with Crippen LogP contribution in [0.5, 0.6) is 0 Å². The van der Waals surface area contributed by atoms with Gasteiger partial charge in [-0.3, -0.25) is 9.69 Å². The van der Waals surface area contributed by atoms with Gasteiger partial charge in [0.25, 0.3) is 0 Å². The second kappa shape index (κ2) is 7.84. The minimum atomic E-state index is -4.17. The lowest BCUT2D eigenvalue weighted by Crippen LogP contribution is -2.34. The zero-order valence-corrected chi connectivity index (χ0v) is 13.2. The predicted octanol–water partition coefficient (Wildman–Crippen LogP) is 3.35. The summed E-state index contributed by atoms with van der Waals surface area (Å²) >= 11 is 5.85. The Morgan fingerprint density at radius 1 is 1.43 bits per heavy atom. The fourth-order valence-electron chi connectivity index (χ4n) is 2.56. The predicted molar refractivity (Wildman–Crippen MR) is 84.1 cm³/mol. The number of nitrogens with zero attached hydrogens (tertiary/aromatic N) is 1. The lowest BCUT2D eigenvalue weighted by atomic mass is 10.1. The van der Waals surface area contributed by atoms with E-state index < -0.39 is 12.7 Å². The van der Waals surface area contributed by atoms with E-state index in [2.05, 4.69) is 5.32 Å². The molecular weight excluding hydrogens is 329 g/mol. The minimum absolute atomic E-state index is 0.0564. The van der Waals surface area contributed by atoms with Gasteiger partial charge in [0, 0.05) is 24.2 Å². The molecule has 1 aromatic rings. The fraction of sp³-hybridized carbons (Fsp3) is 0.438. The molecule has 3 nitrogen and oxygen atoms in total. The topological polar surface area (TPSA) is 32.3 Å². The Labute approximate surface area is 138 Å². The number of hydrogen-bond acceptors (Lipinski definition) is 2. The highest BCUT2D eigenvalue weighted by Gasteiger charge is 2.34. The quantitative estimate of drug-likeness (QED) is 0.829. The Balaban J connectivity index is 1.73. The highest BCUT2D eigenvalue weighted by molar-refractivity contribution is 6.30. The summed E-state index contributed by atoms with van der Waals surface area (Å²) in [4.78, 5) is 13.1. The second-order valence-electron chi connectivity index (χ2n) is 5.64. The number of nitrogens with one attached hydrogen (secondary N) is 1. The number of amides is 1. The summed E-state index contributed by atoms with van der Waals surface area (Å²) < 4.78 is 36.9. The Hall–Kier alpha value is -1.53. The van der Waals surface area contributed by atoms with Gasteiger partial charge in [-0.2, -0.15) is 13.2 Å². The molecule has 1 unspecified atom stereocenters. The Bertz CT molecular complexity index is 575. The van der Waals surface area contributed by atoms with E-state index in [-0.39, 0.29) is 11.8 Å². The normalized spacial score (nSPS) is 19.4. The van der Waals surface area contributed by atoms with Gasteiger partial charge >= 0.3 is 6.18 Å². The number of rotatable bonds is 5. The van der Waals surface area contributed by atoms with Gasteiger partial charge in [-0.25, -0.2) is 0 Å². The number of alkyl halides is 3. The molecule has 7 heteroatoms. The van der Waals surface area contributed by atoms with Crippen LogP contribution in [-0.4, -0.2) is 43.2 Å². The third kappa shape index (κ3) is 6.62. The van der Waals surface area contributed by atoms with E-state index in [1.807, 2.05) is 6.07 Å². The van der Waals surface area contributed by atoms with Crippen LogP contribution < -0.4 is 5.32 Å². The largest absolute Gasteiger partial charge is 0.401 e. The lowest BCUT2D eigenvalue weighted by molar-refractivity contribution is -0.143. The number of halogens is 4. The molecule has 0 aromatic heterocycles. The van der Waals surface area contributed by atoms with Crippen LogP contribution in [0.1, 0.15) is 12.0 Å². The molecule has 1 saturated heterocycles. The summed E-state index contributed by atoms with van der Waals surface area (Å²) in [7, 11) is 0. The fourth-order valence-corrected chi connectivity index (χ4v) is 2.76. The molecule has 1 amide bonds. The zero-order chi connectivity index (χ0) is 16.9. The molecule has 1 N–H and O–H groups in total. The van der Waals surface area contributed by atoms with Gasteiger partial charge in [0.05, 0.1) is 6.54 Å². The van der Waals surface area contributed by atoms with Crippen LogP contribution in [0.3, 0.4) is 0 Å². The number of likely N-dealkylation sites (tertiary alicyclic amines) is 1. The molecular formula is C16H18ClF3N2O. The Morgan fingerprint density at radius 3 is 2.91 bits per heavy atom. The van der Waals surface area contributed by atoms with E-state index in [4.69, 9.17) is 11.6 Å². The summed E-state index contributed by atoms with van der Waals surface area (Å²) in [5.41, 5.74) is 0.810. The minimum Gasteiger partial charge on any atom is -0.352 e. The molecule has 2 rings (SSSR count). The maximum atomic E-state index is 12.3. The molecule has 0 aliphatic carbocycles. The van der Waals surface area contributed by atoms with Crippen molar-refractivity contribution in [3.8, 4) is 0 Å². The average Bonchev–Trinajstić information content (AvgIpc) is 2.88. The molecule has 0 saturated carbocycles. The third-order valence-electron chi connectivity index (χ3n) is 3.61.